The maximum absolute atomic E-state index is 5.06. The van der Waals surface area contributed by atoms with E-state index in [4.69, 9.17) is 4.99 Å². The SMILES string of the molecule is C(=C1\C(c2cccnc2)=NC2CCC1C2)/c1cc2ccccc2s1. The van der Waals surface area contributed by atoms with Gasteiger partial charge in [0.15, 0.2) is 0 Å². The summed E-state index contributed by atoms with van der Waals surface area (Å²) in [5.41, 5.74) is 3.73. The summed E-state index contributed by atoms with van der Waals surface area (Å²) in [6, 6.07) is 15.6. The summed E-state index contributed by atoms with van der Waals surface area (Å²) in [5, 5.41) is 1.33. The molecule has 24 heavy (non-hydrogen) atoms. The lowest BCUT2D eigenvalue weighted by Gasteiger charge is -2.22. The molecule has 5 rings (SSSR count). The van der Waals surface area contributed by atoms with E-state index in [0.717, 1.165) is 5.56 Å². The first-order valence-corrected chi connectivity index (χ1v) is 9.37. The predicted octanol–water partition coefficient (Wildman–Crippen LogP) is 5.35. The second kappa shape index (κ2) is 5.67. The molecule has 0 N–H and O–H groups in total. The minimum Gasteiger partial charge on any atom is -0.281 e. The monoisotopic (exact) mass is 330 g/mol. The van der Waals surface area contributed by atoms with Gasteiger partial charge in [0, 0.05) is 27.5 Å². The molecule has 118 valence electrons. The molecule has 2 bridgehead atoms. The highest BCUT2D eigenvalue weighted by Crippen LogP contribution is 2.41. The van der Waals surface area contributed by atoms with Gasteiger partial charge in [-0.1, -0.05) is 18.2 Å². The quantitative estimate of drug-likeness (QED) is 0.621. The van der Waals surface area contributed by atoms with Crippen LogP contribution < -0.4 is 0 Å². The van der Waals surface area contributed by atoms with Crippen LogP contribution in [-0.2, 0) is 0 Å². The van der Waals surface area contributed by atoms with Crippen LogP contribution in [0.5, 0.6) is 0 Å². The van der Waals surface area contributed by atoms with E-state index in [1.54, 1.807) is 0 Å². The zero-order valence-electron chi connectivity index (χ0n) is 13.4. The lowest BCUT2D eigenvalue weighted by atomic mass is 9.87. The van der Waals surface area contributed by atoms with Crippen molar-refractivity contribution in [3.8, 4) is 0 Å². The Labute approximate surface area is 145 Å². The van der Waals surface area contributed by atoms with Crippen LogP contribution in [0, 0.1) is 5.92 Å². The fourth-order valence-electron chi connectivity index (χ4n) is 3.96. The molecular formula is C21H18N2S. The van der Waals surface area contributed by atoms with Crippen LogP contribution in [0.25, 0.3) is 16.2 Å². The van der Waals surface area contributed by atoms with E-state index in [2.05, 4.69) is 47.5 Å². The molecule has 1 fully saturated rings. The second-order valence-electron chi connectivity index (χ2n) is 6.67. The fraction of sp³-hybridized carbons (Fsp3) is 0.238. The van der Waals surface area contributed by atoms with Gasteiger partial charge in [0.25, 0.3) is 0 Å². The standard InChI is InChI=1S/C21H18N2S/c1-2-6-20-15(4-1)11-18(24-20)12-19-14-7-8-17(10-14)23-21(19)16-5-3-9-22-13-16/h1-6,9,11-14,17H,7-8,10H2/b19-12+. The molecule has 0 saturated heterocycles. The average molecular weight is 330 g/mol. The zero-order chi connectivity index (χ0) is 15.9. The highest BCUT2D eigenvalue weighted by Gasteiger charge is 2.34. The lowest BCUT2D eigenvalue weighted by Crippen LogP contribution is -2.19. The van der Waals surface area contributed by atoms with Crippen LogP contribution in [0.3, 0.4) is 0 Å². The number of rotatable bonds is 2. The molecule has 3 heteroatoms. The molecule has 3 aromatic rings. The summed E-state index contributed by atoms with van der Waals surface area (Å²) in [6.07, 6.45) is 9.84. The lowest BCUT2D eigenvalue weighted by molar-refractivity contribution is 0.621. The number of hydrogen-bond donors (Lipinski definition) is 0. The van der Waals surface area contributed by atoms with E-state index in [0.29, 0.717) is 12.0 Å². The summed E-state index contributed by atoms with van der Waals surface area (Å²) < 4.78 is 1.35. The molecule has 0 radical (unpaired) electrons. The third-order valence-electron chi connectivity index (χ3n) is 5.11. The van der Waals surface area contributed by atoms with Gasteiger partial charge in [-0.05, 0) is 66.5 Å². The number of thiophene rings is 1. The van der Waals surface area contributed by atoms with E-state index < -0.39 is 0 Å². The summed E-state index contributed by atoms with van der Waals surface area (Å²) >= 11 is 1.87. The number of hydrogen-bond acceptors (Lipinski definition) is 3. The number of allylic oxidation sites excluding steroid dienone is 1. The van der Waals surface area contributed by atoms with E-state index in [1.807, 2.05) is 29.8 Å². The van der Waals surface area contributed by atoms with E-state index in [9.17, 15) is 0 Å². The van der Waals surface area contributed by atoms with Gasteiger partial charge in [0.05, 0.1) is 11.8 Å². The molecule has 2 aromatic heterocycles. The highest BCUT2D eigenvalue weighted by molar-refractivity contribution is 7.19. The maximum Gasteiger partial charge on any atom is 0.0700 e. The molecule has 1 aliphatic heterocycles. The second-order valence-corrected chi connectivity index (χ2v) is 7.78. The molecule has 2 unspecified atom stereocenters. The first-order chi connectivity index (χ1) is 11.9. The molecule has 0 amide bonds. The minimum absolute atomic E-state index is 0.504. The van der Waals surface area contributed by atoms with Gasteiger partial charge >= 0.3 is 0 Å². The van der Waals surface area contributed by atoms with Crippen LogP contribution in [0.2, 0.25) is 0 Å². The minimum atomic E-state index is 0.504. The Bertz CT molecular complexity index is 919. The third kappa shape index (κ3) is 2.40. The molecule has 3 heterocycles. The van der Waals surface area contributed by atoms with Crippen molar-refractivity contribution in [2.45, 2.75) is 25.3 Å². The van der Waals surface area contributed by atoms with Crippen molar-refractivity contribution in [2.24, 2.45) is 10.9 Å². The van der Waals surface area contributed by atoms with Crippen molar-refractivity contribution in [1.29, 1.82) is 0 Å². The van der Waals surface area contributed by atoms with E-state index >= 15 is 0 Å². The van der Waals surface area contributed by atoms with Gasteiger partial charge in [0.2, 0.25) is 0 Å². The summed E-state index contributed by atoms with van der Waals surface area (Å²) in [6.45, 7) is 0. The van der Waals surface area contributed by atoms with Crippen LogP contribution in [-0.4, -0.2) is 16.7 Å². The van der Waals surface area contributed by atoms with Crippen molar-refractivity contribution in [3.05, 3.63) is 70.9 Å². The number of aromatic nitrogens is 1. The van der Waals surface area contributed by atoms with Crippen molar-refractivity contribution < 1.29 is 0 Å². The van der Waals surface area contributed by atoms with Gasteiger partial charge in [-0.3, -0.25) is 9.98 Å². The Balaban J connectivity index is 1.63. The maximum atomic E-state index is 5.06. The van der Waals surface area contributed by atoms with E-state index in [-0.39, 0.29) is 0 Å². The van der Waals surface area contributed by atoms with Crippen LogP contribution in [0.15, 0.2) is 65.4 Å². The van der Waals surface area contributed by atoms with Crippen LogP contribution >= 0.6 is 11.3 Å². The molecule has 1 aliphatic carbocycles. The van der Waals surface area contributed by atoms with Crippen molar-refractivity contribution >= 4 is 33.2 Å². The van der Waals surface area contributed by atoms with Crippen molar-refractivity contribution in [1.82, 2.24) is 4.98 Å². The van der Waals surface area contributed by atoms with Crippen molar-refractivity contribution in [2.75, 3.05) is 0 Å². The van der Waals surface area contributed by atoms with Crippen LogP contribution in [0.4, 0.5) is 0 Å². The highest BCUT2D eigenvalue weighted by atomic mass is 32.1. The Morgan fingerprint density at radius 1 is 1.08 bits per heavy atom. The molecule has 2 nitrogen and oxygen atoms in total. The number of nitrogens with zero attached hydrogens (tertiary/aromatic N) is 2. The Morgan fingerprint density at radius 3 is 2.92 bits per heavy atom. The summed E-state index contributed by atoms with van der Waals surface area (Å²) in [4.78, 5) is 10.7. The first kappa shape index (κ1) is 14.1. The van der Waals surface area contributed by atoms with Gasteiger partial charge in [-0.15, -0.1) is 11.3 Å². The first-order valence-electron chi connectivity index (χ1n) is 8.55. The zero-order valence-corrected chi connectivity index (χ0v) is 14.2. The smallest absolute Gasteiger partial charge is 0.0700 e. The van der Waals surface area contributed by atoms with Gasteiger partial charge in [-0.2, -0.15) is 0 Å². The number of aliphatic imine (C=N–C) groups is 1. The fourth-order valence-corrected chi connectivity index (χ4v) is 4.98. The Kier molecular flexibility index (Phi) is 3.34. The molecule has 1 aromatic carbocycles. The average Bonchev–Trinajstić information content (AvgIpc) is 3.21. The molecular weight excluding hydrogens is 312 g/mol. The van der Waals surface area contributed by atoms with Gasteiger partial charge in [-0.25, -0.2) is 0 Å². The molecule has 0 spiro atoms. The molecule has 2 aliphatic rings. The van der Waals surface area contributed by atoms with Gasteiger partial charge in [0.1, 0.15) is 0 Å². The molecule has 2 atom stereocenters. The number of pyridine rings is 1. The van der Waals surface area contributed by atoms with Crippen molar-refractivity contribution in [3.63, 3.8) is 0 Å². The third-order valence-corrected chi connectivity index (χ3v) is 6.17. The van der Waals surface area contributed by atoms with E-state index in [1.165, 1.54) is 45.5 Å². The predicted molar refractivity (Wildman–Crippen MR) is 102 cm³/mol. The Morgan fingerprint density at radius 2 is 2.04 bits per heavy atom. The summed E-state index contributed by atoms with van der Waals surface area (Å²) in [7, 11) is 0. The summed E-state index contributed by atoms with van der Waals surface area (Å²) in [5.74, 6) is 0.646. The number of fused-ring (bicyclic) bond motifs is 3. The largest absolute Gasteiger partial charge is 0.281 e. The number of benzene rings is 1. The Hall–Kier alpha value is -2.26. The molecule has 1 saturated carbocycles. The normalized spacial score (nSPS) is 24.5. The van der Waals surface area contributed by atoms with Crippen LogP contribution in [0.1, 0.15) is 29.7 Å². The topological polar surface area (TPSA) is 25.2 Å². The van der Waals surface area contributed by atoms with Gasteiger partial charge < -0.3 is 0 Å².